The van der Waals surface area contributed by atoms with Crippen LogP contribution in [0.4, 0.5) is 13.2 Å². The number of aromatic nitrogens is 1. The van der Waals surface area contributed by atoms with Crippen LogP contribution in [0.25, 0.3) is 0 Å². The van der Waals surface area contributed by atoms with Gasteiger partial charge in [0.1, 0.15) is 0 Å². The highest BCUT2D eigenvalue weighted by atomic mass is 19.4. The zero-order valence-electron chi connectivity index (χ0n) is 8.72. The lowest BCUT2D eigenvalue weighted by Gasteiger charge is -2.23. The summed E-state index contributed by atoms with van der Waals surface area (Å²) in [5, 5.41) is 3.19. The van der Waals surface area contributed by atoms with Crippen LogP contribution in [-0.4, -0.2) is 18.1 Å². The molecule has 0 atom stereocenters. The van der Waals surface area contributed by atoms with Crippen LogP contribution in [0.15, 0.2) is 18.5 Å². The number of alkyl halides is 3. The van der Waals surface area contributed by atoms with Crippen molar-refractivity contribution in [2.75, 3.05) is 13.1 Å². The number of pyridine rings is 1. The van der Waals surface area contributed by atoms with Crippen LogP contribution in [0.3, 0.4) is 0 Å². The van der Waals surface area contributed by atoms with Crippen LogP contribution < -0.4 is 5.32 Å². The summed E-state index contributed by atoms with van der Waals surface area (Å²) in [6, 6.07) is 1.23. The molecule has 1 aliphatic rings. The predicted molar refractivity (Wildman–Crippen MR) is 54.1 cm³/mol. The van der Waals surface area contributed by atoms with Gasteiger partial charge in [-0.05, 0) is 43.5 Å². The summed E-state index contributed by atoms with van der Waals surface area (Å²) in [5.74, 6) is 0.205. The molecule has 2 nitrogen and oxygen atoms in total. The van der Waals surface area contributed by atoms with Crippen LogP contribution >= 0.6 is 0 Å². The van der Waals surface area contributed by atoms with Crippen molar-refractivity contribution in [2.24, 2.45) is 0 Å². The van der Waals surface area contributed by atoms with Gasteiger partial charge in [-0.25, -0.2) is 0 Å². The Labute approximate surface area is 91.9 Å². The van der Waals surface area contributed by atoms with E-state index in [-0.39, 0.29) is 5.92 Å². The molecule has 0 bridgehead atoms. The van der Waals surface area contributed by atoms with E-state index in [9.17, 15) is 13.2 Å². The maximum absolute atomic E-state index is 12.5. The molecule has 16 heavy (non-hydrogen) atoms. The van der Waals surface area contributed by atoms with Crippen LogP contribution in [0, 0.1) is 0 Å². The minimum atomic E-state index is -4.30. The summed E-state index contributed by atoms with van der Waals surface area (Å²) < 4.78 is 37.4. The van der Waals surface area contributed by atoms with Gasteiger partial charge < -0.3 is 5.32 Å². The normalized spacial score (nSPS) is 18.7. The monoisotopic (exact) mass is 230 g/mol. The van der Waals surface area contributed by atoms with Crippen molar-refractivity contribution in [3.05, 3.63) is 29.6 Å². The molecule has 1 aromatic heterocycles. The molecule has 1 fully saturated rings. The van der Waals surface area contributed by atoms with Gasteiger partial charge in [0.2, 0.25) is 0 Å². The van der Waals surface area contributed by atoms with Gasteiger partial charge in [-0.2, -0.15) is 13.2 Å². The Kier molecular flexibility index (Phi) is 3.14. The number of halogens is 3. The van der Waals surface area contributed by atoms with Crippen LogP contribution in [-0.2, 0) is 6.18 Å². The topological polar surface area (TPSA) is 24.9 Å². The molecule has 0 aromatic carbocycles. The molecule has 2 rings (SSSR count). The van der Waals surface area contributed by atoms with Gasteiger partial charge in [-0.15, -0.1) is 0 Å². The lowest BCUT2D eigenvalue weighted by atomic mass is 9.91. The van der Waals surface area contributed by atoms with Crippen molar-refractivity contribution >= 4 is 0 Å². The third kappa shape index (κ3) is 2.52. The van der Waals surface area contributed by atoms with Gasteiger partial charge in [-0.3, -0.25) is 4.98 Å². The third-order valence-corrected chi connectivity index (χ3v) is 2.90. The first-order valence-corrected chi connectivity index (χ1v) is 5.30. The number of nitrogens with one attached hydrogen (secondary N) is 1. The first-order valence-electron chi connectivity index (χ1n) is 5.30. The van der Waals surface area contributed by atoms with Crippen LogP contribution in [0.1, 0.15) is 29.9 Å². The first-order chi connectivity index (χ1) is 7.57. The Hall–Kier alpha value is -1.10. The highest BCUT2D eigenvalue weighted by molar-refractivity contribution is 5.24. The molecule has 2 heterocycles. The number of hydrogen-bond donors (Lipinski definition) is 1. The maximum Gasteiger partial charge on any atom is 0.417 e. The van der Waals surface area contributed by atoms with Gasteiger partial charge >= 0.3 is 6.18 Å². The average Bonchev–Trinajstić information content (AvgIpc) is 2.29. The highest BCUT2D eigenvalue weighted by Crippen LogP contribution is 2.32. The lowest BCUT2D eigenvalue weighted by molar-refractivity contribution is -0.137. The summed E-state index contributed by atoms with van der Waals surface area (Å²) in [7, 11) is 0. The van der Waals surface area contributed by atoms with Crippen molar-refractivity contribution in [2.45, 2.75) is 24.9 Å². The largest absolute Gasteiger partial charge is 0.417 e. The third-order valence-electron chi connectivity index (χ3n) is 2.90. The molecule has 0 spiro atoms. The Morgan fingerprint density at radius 3 is 2.50 bits per heavy atom. The van der Waals surface area contributed by atoms with Crippen LogP contribution in [0.2, 0.25) is 0 Å². The molecule has 0 radical (unpaired) electrons. The summed E-state index contributed by atoms with van der Waals surface area (Å²) >= 11 is 0. The van der Waals surface area contributed by atoms with Crippen molar-refractivity contribution in [1.29, 1.82) is 0 Å². The fraction of sp³-hybridized carbons (Fsp3) is 0.545. The Bertz CT molecular complexity index is 356. The molecule has 0 aliphatic carbocycles. The molecule has 0 amide bonds. The Balaban J connectivity index is 2.21. The molecule has 1 saturated heterocycles. The highest BCUT2D eigenvalue weighted by Gasteiger charge is 2.31. The van der Waals surface area contributed by atoms with E-state index in [2.05, 4.69) is 10.3 Å². The second-order valence-corrected chi connectivity index (χ2v) is 4.03. The van der Waals surface area contributed by atoms with E-state index in [1.807, 2.05) is 0 Å². The standard InChI is InChI=1S/C11H13F3N2/c12-11(13,14)10-5-9(6-16-7-10)8-1-3-15-4-2-8/h5-8,15H,1-4H2. The number of piperidine rings is 1. The summed E-state index contributed by atoms with van der Waals surface area (Å²) in [6.07, 6.45) is -0.113. The zero-order chi connectivity index (χ0) is 11.6. The Morgan fingerprint density at radius 1 is 1.19 bits per heavy atom. The number of nitrogens with zero attached hydrogens (tertiary/aromatic N) is 1. The first kappa shape index (κ1) is 11.4. The lowest BCUT2D eigenvalue weighted by Crippen LogP contribution is -2.26. The summed E-state index contributed by atoms with van der Waals surface area (Å²) in [4.78, 5) is 3.69. The smallest absolute Gasteiger partial charge is 0.317 e. The molecule has 0 saturated carbocycles. The Morgan fingerprint density at radius 2 is 1.88 bits per heavy atom. The number of hydrogen-bond acceptors (Lipinski definition) is 2. The summed E-state index contributed by atoms with van der Waals surface area (Å²) in [5.41, 5.74) is 0.0554. The molecule has 1 aliphatic heterocycles. The fourth-order valence-corrected chi connectivity index (χ4v) is 1.99. The van der Waals surface area contributed by atoms with E-state index in [4.69, 9.17) is 0 Å². The maximum atomic E-state index is 12.5. The predicted octanol–water partition coefficient (Wildman–Crippen LogP) is 2.57. The van der Waals surface area contributed by atoms with Gasteiger partial charge in [0.15, 0.2) is 0 Å². The zero-order valence-corrected chi connectivity index (χ0v) is 8.72. The molecular formula is C11H13F3N2. The molecule has 1 N–H and O–H groups in total. The number of rotatable bonds is 1. The second kappa shape index (κ2) is 4.41. The summed E-state index contributed by atoms with van der Waals surface area (Å²) in [6.45, 7) is 1.72. The van der Waals surface area contributed by atoms with Crippen molar-refractivity contribution in [3.8, 4) is 0 Å². The fourth-order valence-electron chi connectivity index (χ4n) is 1.99. The van der Waals surface area contributed by atoms with E-state index < -0.39 is 11.7 Å². The molecular weight excluding hydrogens is 217 g/mol. The van der Waals surface area contributed by atoms with E-state index in [0.717, 1.165) is 32.1 Å². The molecule has 88 valence electrons. The van der Waals surface area contributed by atoms with Crippen molar-refractivity contribution in [3.63, 3.8) is 0 Å². The minimum absolute atomic E-state index is 0.205. The van der Waals surface area contributed by atoms with E-state index in [0.29, 0.717) is 5.56 Å². The minimum Gasteiger partial charge on any atom is -0.317 e. The van der Waals surface area contributed by atoms with Gasteiger partial charge in [0.25, 0.3) is 0 Å². The SMILES string of the molecule is FC(F)(F)c1cncc(C2CCNCC2)c1. The van der Waals surface area contributed by atoms with Gasteiger partial charge in [0.05, 0.1) is 5.56 Å². The van der Waals surface area contributed by atoms with E-state index in [1.54, 1.807) is 6.20 Å². The van der Waals surface area contributed by atoms with E-state index in [1.165, 1.54) is 6.07 Å². The van der Waals surface area contributed by atoms with Crippen molar-refractivity contribution in [1.82, 2.24) is 10.3 Å². The molecule has 5 heteroatoms. The molecule has 1 aromatic rings. The second-order valence-electron chi connectivity index (χ2n) is 4.03. The van der Waals surface area contributed by atoms with Crippen molar-refractivity contribution < 1.29 is 13.2 Å². The molecule has 0 unspecified atom stereocenters. The average molecular weight is 230 g/mol. The van der Waals surface area contributed by atoms with E-state index >= 15 is 0 Å². The van der Waals surface area contributed by atoms with Gasteiger partial charge in [-0.1, -0.05) is 0 Å². The van der Waals surface area contributed by atoms with Crippen LogP contribution in [0.5, 0.6) is 0 Å². The van der Waals surface area contributed by atoms with Gasteiger partial charge in [0, 0.05) is 12.4 Å². The quantitative estimate of drug-likeness (QED) is 0.802.